The molecule has 0 saturated carbocycles. The molecule has 0 bridgehead atoms. The lowest BCUT2D eigenvalue weighted by Gasteiger charge is -2.13. The van der Waals surface area contributed by atoms with Crippen LogP contribution in [0.15, 0.2) is 54.2 Å². The van der Waals surface area contributed by atoms with Crippen LogP contribution in [-0.2, 0) is 4.79 Å². The Hall–Kier alpha value is -2.59. The quantitative estimate of drug-likeness (QED) is 0.797. The first-order valence-electron chi connectivity index (χ1n) is 8.01. The van der Waals surface area contributed by atoms with Crippen molar-refractivity contribution in [3.05, 3.63) is 75.9 Å². The highest BCUT2D eigenvalue weighted by Gasteiger charge is 2.15. The normalized spacial score (nSPS) is 11.3. The van der Waals surface area contributed by atoms with Crippen molar-refractivity contribution < 1.29 is 9.59 Å². The Balaban J connectivity index is 2.29. The van der Waals surface area contributed by atoms with Crippen LogP contribution in [0.1, 0.15) is 35.3 Å². The number of hydrogen-bond donors (Lipinski definition) is 2. The van der Waals surface area contributed by atoms with Crippen molar-refractivity contribution >= 4 is 29.5 Å². The van der Waals surface area contributed by atoms with Crippen LogP contribution < -0.4 is 10.6 Å². The Morgan fingerprint density at radius 2 is 1.76 bits per heavy atom. The van der Waals surface area contributed by atoms with E-state index in [0.717, 1.165) is 11.1 Å². The Kier molecular flexibility index (Phi) is 6.37. The molecule has 0 spiro atoms. The lowest BCUT2D eigenvalue weighted by atomic mass is 10.1. The molecule has 0 aliphatic carbocycles. The number of halogens is 1. The maximum Gasteiger partial charge on any atom is 0.268 e. The molecule has 0 heterocycles. The fourth-order valence-corrected chi connectivity index (χ4v) is 2.33. The number of amides is 2. The number of benzene rings is 2. The van der Waals surface area contributed by atoms with Crippen LogP contribution in [0, 0.1) is 6.92 Å². The molecule has 0 fully saturated rings. The van der Waals surface area contributed by atoms with Crippen molar-refractivity contribution in [1.82, 2.24) is 10.6 Å². The number of hydrogen-bond acceptors (Lipinski definition) is 2. The molecule has 0 saturated heterocycles. The third-order valence-corrected chi connectivity index (χ3v) is 3.63. The lowest BCUT2D eigenvalue weighted by Crippen LogP contribution is -2.38. The van der Waals surface area contributed by atoms with Crippen LogP contribution in [0.3, 0.4) is 0 Å². The van der Waals surface area contributed by atoms with Crippen molar-refractivity contribution in [1.29, 1.82) is 0 Å². The van der Waals surface area contributed by atoms with E-state index in [1.807, 2.05) is 26.8 Å². The summed E-state index contributed by atoms with van der Waals surface area (Å²) in [6.07, 6.45) is 1.63. The second-order valence-electron chi connectivity index (χ2n) is 6.06. The first-order chi connectivity index (χ1) is 11.8. The number of rotatable bonds is 5. The summed E-state index contributed by atoms with van der Waals surface area (Å²) < 4.78 is 0. The summed E-state index contributed by atoms with van der Waals surface area (Å²) in [7, 11) is 0. The summed E-state index contributed by atoms with van der Waals surface area (Å²) >= 11 is 5.89. The number of carbonyl (C=O) groups is 2. The van der Waals surface area contributed by atoms with E-state index < -0.39 is 0 Å². The molecule has 0 aliphatic heterocycles. The molecule has 0 radical (unpaired) electrons. The maximum absolute atomic E-state index is 12.5. The summed E-state index contributed by atoms with van der Waals surface area (Å²) in [5.41, 5.74) is 2.42. The van der Waals surface area contributed by atoms with Crippen molar-refractivity contribution in [3.63, 3.8) is 0 Å². The molecule has 2 aromatic carbocycles. The minimum Gasteiger partial charge on any atom is -0.349 e. The summed E-state index contributed by atoms with van der Waals surface area (Å²) in [5, 5.41) is 6.11. The molecular weight excluding hydrogens is 336 g/mol. The second kappa shape index (κ2) is 8.49. The lowest BCUT2D eigenvalue weighted by molar-refractivity contribution is -0.118. The van der Waals surface area contributed by atoms with Gasteiger partial charge in [-0.05, 0) is 56.7 Å². The molecule has 2 aromatic rings. The van der Waals surface area contributed by atoms with Crippen molar-refractivity contribution in [2.24, 2.45) is 0 Å². The third-order valence-electron chi connectivity index (χ3n) is 3.37. The van der Waals surface area contributed by atoms with Crippen LogP contribution in [0.2, 0.25) is 5.02 Å². The van der Waals surface area contributed by atoms with Gasteiger partial charge < -0.3 is 10.6 Å². The highest BCUT2D eigenvalue weighted by Crippen LogP contribution is 2.13. The highest BCUT2D eigenvalue weighted by atomic mass is 35.5. The minimum atomic E-state index is -0.342. The predicted molar refractivity (Wildman–Crippen MR) is 101 cm³/mol. The zero-order valence-electron chi connectivity index (χ0n) is 14.5. The van der Waals surface area contributed by atoms with Gasteiger partial charge in [-0.2, -0.15) is 0 Å². The molecule has 4 nitrogen and oxygen atoms in total. The molecule has 5 heteroatoms. The minimum absolute atomic E-state index is 0.0445. The van der Waals surface area contributed by atoms with E-state index in [4.69, 9.17) is 11.6 Å². The Bertz CT molecular complexity index is 796. The summed E-state index contributed by atoms with van der Waals surface area (Å²) in [5.74, 6) is -0.672. The standard InChI is InChI=1S/C20H21ClN2O2/c1-13(2)22-20(25)18(12-15-7-9-17(21)10-8-15)23-19(24)16-6-4-5-14(3)11-16/h4-13H,1-3H3,(H,22,25)(H,23,24)/b18-12+. The van der Waals surface area contributed by atoms with E-state index in [1.165, 1.54) is 0 Å². The van der Waals surface area contributed by atoms with Gasteiger partial charge in [-0.15, -0.1) is 0 Å². The van der Waals surface area contributed by atoms with Gasteiger partial charge in [0.25, 0.3) is 11.8 Å². The Morgan fingerprint density at radius 3 is 2.36 bits per heavy atom. The van der Waals surface area contributed by atoms with Crippen LogP contribution >= 0.6 is 11.6 Å². The van der Waals surface area contributed by atoms with Crippen LogP contribution in [0.4, 0.5) is 0 Å². The van der Waals surface area contributed by atoms with E-state index in [-0.39, 0.29) is 23.6 Å². The Labute approximate surface area is 152 Å². The van der Waals surface area contributed by atoms with Crippen LogP contribution in [0.25, 0.3) is 6.08 Å². The summed E-state index contributed by atoms with van der Waals surface area (Å²) in [6.45, 7) is 5.63. The van der Waals surface area contributed by atoms with Crippen molar-refractivity contribution in [2.45, 2.75) is 26.8 Å². The molecule has 2 amide bonds. The molecule has 0 atom stereocenters. The average Bonchev–Trinajstić information content (AvgIpc) is 2.55. The average molecular weight is 357 g/mol. The van der Waals surface area contributed by atoms with E-state index in [9.17, 15) is 9.59 Å². The van der Waals surface area contributed by atoms with E-state index in [0.29, 0.717) is 10.6 Å². The molecule has 2 rings (SSSR count). The molecule has 0 aliphatic rings. The number of nitrogens with one attached hydrogen (secondary N) is 2. The largest absolute Gasteiger partial charge is 0.349 e. The fourth-order valence-electron chi connectivity index (χ4n) is 2.20. The van der Waals surface area contributed by atoms with Gasteiger partial charge in [0, 0.05) is 16.6 Å². The smallest absolute Gasteiger partial charge is 0.268 e. The third kappa shape index (κ3) is 5.76. The Morgan fingerprint density at radius 1 is 1.08 bits per heavy atom. The summed E-state index contributed by atoms with van der Waals surface area (Å²) in [6, 6.07) is 14.2. The van der Waals surface area contributed by atoms with Gasteiger partial charge in [0.1, 0.15) is 5.70 Å². The van der Waals surface area contributed by atoms with Gasteiger partial charge in [0.05, 0.1) is 0 Å². The highest BCUT2D eigenvalue weighted by molar-refractivity contribution is 6.30. The molecule has 25 heavy (non-hydrogen) atoms. The second-order valence-corrected chi connectivity index (χ2v) is 6.50. The fraction of sp³-hybridized carbons (Fsp3) is 0.200. The van der Waals surface area contributed by atoms with Gasteiger partial charge in [-0.3, -0.25) is 9.59 Å². The van der Waals surface area contributed by atoms with Crippen molar-refractivity contribution in [3.8, 4) is 0 Å². The molecule has 130 valence electrons. The number of aryl methyl sites for hydroxylation is 1. The zero-order chi connectivity index (χ0) is 18.4. The van der Waals surface area contributed by atoms with Crippen LogP contribution in [-0.4, -0.2) is 17.9 Å². The van der Waals surface area contributed by atoms with Gasteiger partial charge >= 0.3 is 0 Å². The summed E-state index contributed by atoms with van der Waals surface area (Å²) in [4.78, 5) is 24.9. The van der Waals surface area contributed by atoms with E-state index in [1.54, 1.807) is 48.5 Å². The molecule has 0 aromatic heterocycles. The van der Waals surface area contributed by atoms with Gasteiger partial charge in [0.2, 0.25) is 0 Å². The van der Waals surface area contributed by atoms with E-state index >= 15 is 0 Å². The van der Waals surface area contributed by atoms with Crippen molar-refractivity contribution in [2.75, 3.05) is 0 Å². The number of carbonyl (C=O) groups excluding carboxylic acids is 2. The zero-order valence-corrected chi connectivity index (χ0v) is 15.2. The molecule has 2 N–H and O–H groups in total. The monoisotopic (exact) mass is 356 g/mol. The first-order valence-corrected chi connectivity index (χ1v) is 8.39. The maximum atomic E-state index is 12.5. The molecular formula is C20H21ClN2O2. The predicted octanol–water partition coefficient (Wildman–Crippen LogP) is 3.94. The SMILES string of the molecule is Cc1cccc(C(=O)N/C(=C/c2ccc(Cl)cc2)C(=O)NC(C)C)c1. The van der Waals surface area contributed by atoms with Gasteiger partial charge in [-0.25, -0.2) is 0 Å². The van der Waals surface area contributed by atoms with Crippen LogP contribution in [0.5, 0.6) is 0 Å². The van der Waals surface area contributed by atoms with Gasteiger partial charge in [0.15, 0.2) is 0 Å². The first kappa shape index (κ1) is 18.7. The van der Waals surface area contributed by atoms with Gasteiger partial charge in [-0.1, -0.05) is 41.4 Å². The topological polar surface area (TPSA) is 58.2 Å². The van der Waals surface area contributed by atoms with E-state index in [2.05, 4.69) is 10.6 Å². The molecule has 0 unspecified atom stereocenters.